The average Bonchev–Trinajstić information content (AvgIpc) is 2.88. The lowest BCUT2D eigenvalue weighted by atomic mass is 10.0. The summed E-state index contributed by atoms with van der Waals surface area (Å²) in [5.41, 5.74) is 2.31. The Hall–Kier alpha value is -2.76. The molecule has 1 N–H and O–H groups in total. The van der Waals surface area contributed by atoms with Crippen molar-refractivity contribution in [1.82, 2.24) is 10.2 Å². The van der Waals surface area contributed by atoms with Gasteiger partial charge in [-0.1, -0.05) is 12.1 Å². The molecule has 0 amide bonds. The zero-order valence-electron chi connectivity index (χ0n) is 10.3. The molecule has 0 aliphatic carbocycles. The second-order valence-electron chi connectivity index (χ2n) is 4.51. The number of aromatic nitrogens is 2. The van der Waals surface area contributed by atoms with Gasteiger partial charge >= 0.3 is 0 Å². The summed E-state index contributed by atoms with van der Waals surface area (Å²) in [6.07, 6.45) is 1.94. The number of nitrogens with one attached hydrogen (secondary N) is 1. The Morgan fingerprint density at radius 3 is 2.65 bits per heavy atom. The maximum Gasteiger partial charge on any atom is 0.280 e. The number of H-pyrrole nitrogens is 1. The minimum absolute atomic E-state index is 0.0216. The largest absolute Gasteiger partial charge is 0.280 e. The number of hydrogen-bond acceptors (Lipinski definition) is 3. The molecule has 0 unspecified atom stereocenters. The molecule has 0 bridgehead atoms. The molecule has 3 rings (SSSR count). The maximum atomic E-state index is 12.9. The van der Waals surface area contributed by atoms with E-state index in [1.165, 1.54) is 24.4 Å². The molecule has 0 atom stereocenters. The average molecular weight is 271 g/mol. The SMILES string of the molecule is O=[N+]([O-])c1cc(Cc2ccc(F)cc2)cc2[nH]ncc12. The fourth-order valence-electron chi connectivity index (χ4n) is 2.18. The Kier molecular flexibility index (Phi) is 2.90. The third kappa shape index (κ3) is 2.23. The van der Waals surface area contributed by atoms with E-state index >= 15 is 0 Å². The Morgan fingerprint density at radius 1 is 1.20 bits per heavy atom. The summed E-state index contributed by atoms with van der Waals surface area (Å²) in [7, 11) is 0. The molecule has 0 aliphatic heterocycles. The monoisotopic (exact) mass is 271 g/mol. The number of benzene rings is 2. The number of hydrogen-bond donors (Lipinski definition) is 1. The second kappa shape index (κ2) is 4.73. The molecule has 1 heterocycles. The van der Waals surface area contributed by atoms with Gasteiger partial charge in [0, 0.05) is 6.07 Å². The molecule has 1 aromatic heterocycles. The summed E-state index contributed by atoms with van der Waals surface area (Å²) >= 11 is 0. The number of nitrogens with zero attached hydrogens (tertiary/aromatic N) is 2. The third-order valence-corrected chi connectivity index (χ3v) is 3.11. The number of nitro benzene ring substituents is 1. The zero-order valence-corrected chi connectivity index (χ0v) is 10.3. The van der Waals surface area contributed by atoms with E-state index in [4.69, 9.17) is 0 Å². The highest BCUT2D eigenvalue weighted by Crippen LogP contribution is 2.27. The Bertz CT molecular complexity index is 781. The zero-order chi connectivity index (χ0) is 14.1. The molecule has 5 nitrogen and oxygen atoms in total. The van der Waals surface area contributed by atoms with Crippen molar-refractivity contribution < 1.29 is 9.31 Å². The van der Waals surface area contributed by atoms with Gasteiger partial charge in [0.25, 0.3) is 5.69 Å². The Balaban J connectivity index is 2.03. The van der Waals surface area contributed by atoms with Crippen LogP contribution in [0.3, 0.4) is 0 Å². The Morgan fingerprint density at radius 2 is 1.95 bits per heavy atom. The minimum atomic E-state index is -0.425. The molecule has 20 heavy (non-hydrogen) atoms. The molecule has 3 aromatic rings. The van der Waals surface area contributed by atoms with E-state index in [0.29, 0.717) is 17.3 Å². The van der Waals surface area contributed by atoms with Gasteiger partial charge in [-0.2, -0.15) is 5.10 Å². The summed E-state index contributed by atoms with van der Waals surface area (Å²) in [6, 6.07) is 9.42. The van der Waals surface area contributed by atoms with Gasteiger partial charge < -0.3 is 0 Å². The second-order valence-corrected chi connectivity index (χ2v) is 4.51. The first kappa shape index (κ1) is 12.3. The van der Waals surface area contributed by atoms with Crippen molar-refractivity contribution >= 4 is 16.6 Å². The molecular formula is C14H10FN3O2. The van der Waals surface area contributed by atoms with Crippen molar-refractivity contribution in [3.05, 3.63) is 69.7 Å². The van der Waals surface area contributed by atoms with E-state index in [-0.39, 0.29) is 11.5 Å². The number of halogens is 1. The van der Waals surface area contributed by atoms with Gasteiger partial charge in [-0.05, 0) is 35.7 Å². The van der Waals surface area contributed by atoms with Crippen molar-refractivity contribution in [2.45, 2.75) is 6.42 Å². The Labute approximate surface area is 113 Å². The molecule has 0 radical (unpaired) electrons. The predicted octanol–water partition coefficient (Wildman–Crippen LogP) is 3.20. The summed E-state index contributed by atoms with van der Waals surface area (Å²) in [6.45, 7) is 0. The standard InChI is InChI=1S/C14H10FN3O2/c15-11-3-1-9(2-4-11)5-10-6-13-12(8-16-17-13)14(7-10)18(19)20/h1-4,6-8H,5H2,(H,16,17). The fraction of sp³-hybridized carbons (Fsp3) is 0.0714. The highest BCUT2D eigenvalue weighted by atomic mass is 19.1. The van der Waals surface area contributed by atoms with Crippen molar-refractivity contribution in [1.29, 1.82) is 0 Å². The van der Waals surface area contributed by atoms with Crippen LogP contribution in [0, 0.1) is 15.9 Å². The molecular weight excluding hydrogens is 261 g/mol. The van der Waals surface area contributed by atoms with Gasteiger partial charge in [-0.3, -0.25) is 15.2 Å². The molecule has 0 saturated carbocycles. The van der Waals surface area contributed by atoms with Crippen molar-refractivity contribution in [2.75, 3.05) is 0 Å². The van der Waals surface area contributed by atoms with Gasteiger partial charge in [0.1, 0.15) is 5.82 Å². The van der Waals surface area contributed by atoms with Crippen molar-refractivity contribution in [2.24, 2.45) is 0 Å². The smallest absolute Gasteiger partial charge is 0.278 e. The molecule has 6 heteroatoms. The van der Waals surface area contributed by atoms with Gasteiger partial charge in [-0.25, -0.2) is 4.39 Å². The topological polar surface area (TPSA) is 71.8 Å². The van der Waals surface area contributed by atoms with Crippen LogP contribution in [0.4, 0.5) is 10.1 Å². The number of rotatable bonds is 3. The van der Waals surface area contributed by atoms with E-state index in [2.05, 4.69) is 10.2 Å². The van der Waals surface area contributed by atoms with Crippen LogP contribution < -0.4 is 0 Å². The normalized spacial score (nSPS) is 10.8. The third-order valence-electron chi connectivity index (χ3n) is 3.11. The molecule has 100 valence electrons. The van der Waals surface area contributed by atoms with E-state index in [9.17, 15) is 14.5 Å². The minimum Gasteiger partial charge on any atom is -0.278 e. The molecule has 0 fully saturated rings. The van der Waals surface area contributed by atoms with Crippen LogP contribution in [0.25, 0.3) is 10.9 Å². The first-order chi connectivity index (χ1) is 9.63. The summed E-state index contributed by atoms with van der Waals surface area (Å²) in [4.78, 5) is 10.7. The number of nitro groups is 1. The van der Waals surface area contributed by atoms with Crippen molar-refractivity contribution in [3.63, 3.8) is 0 Å². The van der Waals surface area contributed by atoms with Gasteiger partial charge in [0.05, 0.1) is 22.0 Å². The summed E-state index contributed by atoms with van der Waals surface area (Å²) in [5.74, 6) is -0.302. The lowest BCUT2D eigenvalue weighted by molar-refractivity contribution is -0.383. The fourth-order valence-corrected chi connectivity index (χ4v) is 2.18. The van der Waals surface area contributed by atoms with E-state index < -0.39 is 4.92 Å². The van der Waals surface area contributed by atoms with Crippen LogP contribution >= 0.6 is 0 Å². The number of fused-ring (bicyclic) bond motifs is 1. The number of aromatic amines is 1. The van der Waals surface area contributed by atoms with Crippen LogP contribution in [-0.4, -0.2) is 15.1 Å². The van der Waals surface area contributed by atoms with Gasteiger partial charge in [0.2, 0.25) is 0 Å². The predicted molar refractivity (Wildman–Crippen MR) is 72.0 cm³/mol. The first-order valence-corrected chi connectivity index (χ1v) is 5.98. The molecule has 0 aliphatic rings. The molecule has 0 saturated heterocycles. The summed E-state index contributed by atoms with van der Waals surface area (Å²) < 4.78 is 12.9. The van der Waals surface area contributed by atoms with Crippen LogP contribution in [0.1, 0.15) is 11.1 Å². The van der Waals surface area contributed by atoms with E-state index in [1.807, 2.05) is 6.07 Å². The quantitative estimate of drug-likeness (QED) is 0.587. The van der Waals surface area contributed by atoms with Crippen molar-refractivity contribution in [3.8, 4) is 0 Å². The maximum absolute atomic E-state index is 12.9. The van der Waals surface area contributed by atoms with Crippen LogP contribution in [0.2, 0.25) is 0 Å². The lowest BCUT2D eigenvalue weighted by Crippen LogP contribution is -1.93. The lowest BCUT2D eigenvalue weighted by Gasteiger charge is -2.03. The molecule has 2 aromatic carbocycles. The molecule has 0 spiro atoms. The first-order valence-electron chi connectivity index (χ1n) is 5.98. The summed E-state index contributed by atoms with van der Waals surface area (Å²) in [5, 5.41) is 18.1. The van der Waals surface area contributed by atoms with Crippen LogP contribution in [0.5, 0.6) is 0 Å². The van der Waals surface area contributed by atoms with Gasteiger partial charge in [-0.15, -0.1) is 0 Å². The van der Waals surface area contributed by atoms with Crippen LogP contribution in [0.15, 0.2) is 42.6 Å². The highest BCUT2D eigenvalue weighted by Gasteiger charge is 2.15. The van der Waals surface area contributed by atoms with E-state index in [1.54, 1.807) is 12.1 Å². The van der Waals surface area contributed by atoms with E-state index in [0.717, 1.165) is 11.1 Å². The highest BCUT2D eigenvalue weighted by molar-refractivity contribution is 5.88. The van der Waals surface area contributed by atoms with Crippen LogP contribution in [-0.2, 0) is 6.42 Å². The number of non-ortho nitro benzene ring substituents is 1. The van der Waals surface area contributed by atoms with Gasteiger partial charge in [0.15, 0.2) is 0 Å².